The van der Waals surface area contributed by atoms with Crippen molar-refractivity contribution in [3.8, 4) is 0 Å². The van der Waals surface area contributed by atoms with Gasteiger partial charge in [-0.1, -0.05) is 29.8 Å². The molecule has 144 valence electrons. The summed E-state index contributed by atoms with van der Waals surface area (Å²) in [6.07, 6.45) is 2.00. The van der Waals surface area contributed by atoms with Gasteiger partial charge in [-0.25, -0.2) is 9.18 Å². The van der Waals surface area contributed by atoms with Crippen LogP contribution in [0.4, 0.5) is 20.6 Å². The zero-order valence-corrected chi connectivity index (χ0v) is 15.7. The van der Waals surface area contributed by atoms with Crippen LogP contribution >= 0.6 is 11.6 Å². The van der Waals surface area contributed by atoms with Gasteiger partial charge in [0.2, 0.25) is 0 Å². The first kappa shape index (κ1) is 19.5. The third-order valence-corrected chi connectivity index (χ3v) is 5.12. The van der Waals surface area contributed by atoms with Crippen molar-refractivity contribution in [3.05, 3.63) is 58.9 Å². The van der Waals surface area contributed by atoms with E-state index in [1.165, 1.54) is 12.1 Å². The van der Waals surface area contributed by atoms with Gasteiger partial charge in [-0.05, 0) is 48.6 Å². The minimum Gasteiger partial charge on any atom is -0.396 e. The summed E-state index contributed by atoms with van der Waals surface area (Å²) in [5.41, 5.74) is 2.13. The second-order valence-corrected chi connectivity index (χ2v) is 7.10. The van der Waals surface area contributed by atoms with Gasteiger partial charge in [-0.15, -0.1) is 0 Å². The van der Waals surface area contributed by atoms with Crippen LogP contribution in [0.3, 0.4) is 0 Å². The quantitative estimate of drug-likeness (QED) is 0.721. The van der Waals surface area contributed by atoms with Gasteiger partial charge in [0.1, 0.15) is 0 Å². The molecule has 1 saturated heterocycles. The molecule has 0 unspecified atom stereocenters. The molecule has 0 saturated carbocycles. The molecule has 2 aromatic rings. The summed E-state index contributed by atoms with van der Waals surface area (Å²) in [7, 11) is 0. The molecular formula is C20H23ClFN3O2. The molecule has 0 radical (unpaired) electrons. The number of nitrogens with zero attached hydrogens (tertiary/aromatic N) is 1. The second kappa shape index (κ2) is 9.06. The zero-order valence-electron chi connectivity index (χ0n) is 14.9. The molecule has 1 aliphatic rings. The van der Waals surface area contributed by atoms with Crippen LogP contribution in [0.1, 0.15) is 18.4 Å². The van der Waals surface area contributed by atoms with E-state index in [1.807, 2.05) is 24.3 Å². The van der Waals surface area contributed by atoms with Gasteiger partial charge < -0.3 is 20.6 Å². The molecule has 1 fully saturated rings. The summed E-state index contributed by atoms with van der Waals surface area (Å²) >= 11 is 5.70. The van der Waals surface area contributed by atoms with Crippen LogP contribution in [-0.2, 0) is 6.54 Å². The number of carbonyl (C=O) groups is 1. The highest BCUT2D eigenvalue weighted by Crippen LogP contribution is 2.24. The van der Waals surface area contributed by atoms with E-state index in [0.717, 1.165) is 37.2 Å². The number of urea groups is 1. The number of aliphatic hydroxyl groups excluding tert-OH is 1. The van der Waals surface area contributed by atoms with Crippen LogP contribution in [0, 0.1) is 11.7 Å². The van der Waals surface area contributed by atoms with Gasteiger partial charge in [0, 0.05) is 31.9 Å². The summed E-state index contributed by atoms with van der Waals surface area (Å²) in [5, 5.41) is 14.3. The van der Waals surface area contributed by atoms with Gasteiger partial charge in [-0.3, -0.25) is 0 Å². The lowest BCUT2D eigenvalue weighted by Crippen LogP contribution is -2.34. The fraction of sp³-hybridized carbons (Fsp3) is 0.350. The lowest BCUT2D eigenvalue weighted by atomic mass is 9.97. The number of amides is 2. The van der Waals surface area contributed by atoms with Crippen molar-refractivity contribution in [2.75, 3.05) is 29.9 Å². The Morgan fingerprint density at radius 2 is 1.89 bits per heavy atom. The Balaban J connectivity index is 1.50. The summed E-state index contributed by atoms with van der Waals surface area (Å²) in [6.45, 7) is 2.48. The monoisotopic (exact) mass is 391 g/mol. The Morgan fingerprint density at radius 3 is 2.56 bits per heavy atom. The van der Waals surface area contributed by atoms with Gasteiger partial charge in [-0.2, -0.15) is 0 Å². The highest BCUT2D eigenvalue weighted by Gasteiger charge is 2.18. The summed E-state index contributed by atoms with van der Waals surface area (Å²) < 4.78 is 13.8. The maximum absolute atomic E-state index is 13.8. The van der Waals surface area contributed by atoms with Crippen LogP contribution in [0.25, 0.3) is 0 Å². The van der Waals surface area contributed by atoms with Crippen LogP contribution < -0.4 is 15.5 Å². The van der Waals surface area contributed by atoms with Crippen LogP contribution in [0.5, 0.6) is 0 Å². The van der Waals surface area contributed by atoms with Gasteiger partial charge in [0.05, 0.1) is 10.7 Å². The van der Waals surface area contributed by atoms with Crippen LogP contribution in [0.2, 0.25) is 5.02 Å². The Morgan fingerprint density at radius 1 is 1.19 bits per heavy atom. The number of anilines is 2. The molecule has 7 heteroatoms. The number of aliphatic hydroxyl groups is 1. The fourth-order valence-electron chi connectivity index (χ4n) is 3.15. The van der Waals surface area contributed by atoms with Crippen molar-refractivity contribution in [1.29, 1.82) is 0 Å². The minimum atomic E-state index is -0.649. The van der Waals surface area contributed by atoms with Crippen LogP contribution in [0.15, 0.2) is 42.5 Å². The molecule has 27 heavy (non-hydrogen) atoms. The molecule has 0 aliphatic carbocycles. The number of benzene rings is 2. The molecule has 2 aromatic carbocycles. The number of halogens is 2. The molecule has 5 nitrogen and oxygen atoms in total. The van der Waals surface area contributed by atoms with Crippen molar-refractivity contribution in [2.45, 2.75) is 19.4 Å². The summed E-state index contributed by atoms with van der Waals surface area (Å²) in [6, 6.07) is 12.0. The predicted molar refractivity (Wildman–Crippen MR) is 106 cm³/mol. The molecule has 0 spiro atoms. The molecule has 1 aliphatic heterocycles. The molecule has 0 bridgehead atoms. The smallest absolute Gasteiger partial charge is 0.319 e. The summed E-state index contributed by atoms with van der Waals surface area (Å²) in [5.74, 6) is -0.240. The van der Waals surface area contributed by atoms with Gasteiger partial charge >= 0.3 is 6.03 Å². The first-order chi connectivity index (χ1) is 13.1. The van der Waals surface area contributed by atoms with Crippen molar-refractivity contribution >= 4 is 29.0 Å². The topological polar surface area (TPSA) is 64.6 Å². The lowest BCUT2D eigenvalue weighted by Gasteiger charge is -2.33. The Kier molecular flexibility index (Phi) is 6.53. The number of rotatable bonds is 5. The Hall–Kier alpha value is -2.31. The van der Waals surface area contributed by atoms with E-state index in [1.54, 1.807) is 6.07 Å². The Bertz CT molecular complexity index is 777. The molecule has 0 atom stereocenters. The summed E-state index contributed by atoms with van der Waals surface area (Å²) in [4.78, 5) is 14.3. The molecule has 1 heterocycles. The first-order valence-electron chi connectivity index (χ1n) is 9.00. The van der Waals surface area contributed by atoms with E-state index in [2.05, 4.69) is 15.5 Å². The average molecular weight is 392 g/mol. The zero-order chi connectivity index (χ0) is 19.2. The van der Waals surface area contributed by atoms with E-state index >= 15 is 0 Å². The van der Waals surface area contributed by atoms with Crippen molar-refractivity contribution in [3.63, 3.8) is 0 Å². The number of hydrogen-bond donors (Lipinski definition) is 3. The fourth-order valence-corrected chi connectivity index (χ4v) is 3.32. The van der Waals surface area contributed by atoms with E-state index in [-0.39, 0.29) is 17.3 Å². The highest BCUT2D eigenvalue weighted by atomic mass is 35.5. The molecule has 0 aromatic heterocycles. The van der Waals surface area contributed by atoms with Crippen molar-refractivity contribution in [1.82, 2.24) is 5.32 Å². The largest absolute Gasteiger partial charge is 0.396 e. The number of carbonyl (C=O) groups excluding carboxylic acids is 1. The van der Waals surface area contributed by atoms with E-state index < -0.39 is 11.8 Å². The van der Waals surface area contributed by atoms with Gasteiger partial charge in [0.25, 0.3) is 0 Å². The SMILES string of the molecule is O=C(NCc1ccc(N2CCC(CO)CC2)cc1)Nc1cccc(Cl)c1F. The minimum absolute atomic E-state index is 0.0357. The number of nitrogens with one attached hydrogen (secondary N) is 2. The standard InChI is InChI=1S/C20H23ClFN3O2/c21-17-2-1-3-18(19(17)22)24-20(27)23-12-14-4-6-16(7-5-14)25-10-8-15(13-26)9-11-25/h1-7,15,26H,8-13H2,(H2,23,24,27). The number of hydrogen-bond acceptors (Lipinski definition) is 3. The molecule has 3 N–H and O–H groups in total. The first-order valence-corrected chi connectivity index (χ1v) is 9.38. The maximum atomic E-state index is 13.8. The number of piperidine rings is 1. The maximum Gasteiger partial charge on any atom is 0.319 e. The third-order valence-electron chi connectivity index (χ3n) is 4.83. The predicted octanol–water partition coefficient (Wildman–Crippen LogP) is 4.01. The van der Waals surface area contributed by atoms with Crippen LogP contribution in [-0.4, -0.2) is 30.8 Å². The average Bonchev–Trinajstić information content (AvgIpc) is 2.70. The molecule has 2 amide bonds. The Labute approximate surface area is 163 Å². The third kappa shape index (κ3) is 5.11. The van der Waals surface area contributed by atoms with E-state index in [9.17, 15) is 14.3 Å². The molecular weight excluding hydrogens is 369 g/mol. The molecule has 3 rings (SSSR count). The second-order valence-electron chi connectivity index (χ2n) is 6.69. The van der Waals surface area contributed by atoms with E-state index in [0.29, 0.717) is 12.5 Å². The highest BCUT2D eigenvalue weighted by molar-refractivity contribution is 6.31. The van der Waals surface area contributed by atoms with E-state index in [4.69, 9.17) is 11.6 Å². The lowest BCUT2D eigenvalue weighted by molar-refractivity contribution is 0.203. The van der Waals surface area contributed by atoms with Gasteiger partial charge in [0.15, 0.2) is 5.82 Å². The van der Waals surface area contributed by atoms with Crippen molar-refractivity contribution < 1.29 is 14.3 Å². The normalized spacial score (nSPS) is 14.9. The van der Waals surface area contributed by atoms with Crippen molar-refractivity contribution in [2.24, 2.45) is 5.92 Å².